The number of ketones is 1. The lowest BCUT2D eigenvalue weighted by Gasteiger charge is -2.30. The van der Waals surface area contributed by atoms with Crippen molar-refractivity contribution >= 4 is 66.7 Å². The molecule has 3 amide bonds. The number of nitrogens with zero attached hydrogens (tertiary/aromatic N) is 4. The minimum atomic E-state index is -1.09. The van der Waals surface area contributed by atoms with Gasteiger partial charge in [-0.3, -0.25) is 39.4 Å². The van der Waals surface area contributed by atoms with Gasteiger partial charge in [0, 0.05) is 33.4 Å². The van der Waals surface area contributed by atoms with Gasteiger partial charge in [-0.2, -0.15) is 5.01 Å². The van der Waals surface area contributed by atoms with Gasteiger partial charge >= 0.3 is 0 Å². The minimum absolute atomic E-state index is 0.0729. The summed E-state index contributed by atoms with van der Waals surface area (Å²) in [6.07, 6.45) is 0.636. The van der Waals surface area contributed by atoms with E-state index in [4.69, 9.17) is 0 Å². The zero-order valence-corrected chi connectivity index (χ0v) is 22.5. The number of non-ortho nitro benzene ring substituents is 1. The first-order valence-corrected chi connectivity index (χ1v) is 13.3. The van der Waals surface area contributed by atoms with Crippen LogP contribution in [0.5, 0.6) is 0 Å². The standard InChI is InChI=1S/C24H18Br2N4O8/c25-20-14-9-15(21(20)26)19-18(14)23(33)28(24(19)34)27(22(32)13-6-1-2-7-16(13)30(37)38)10-17(31)11-4-3-5-12(8-11)29(35)36/h1-8,14-15,18-21H,9-10H2/t14-,15-,18-,19+,20-,21+/m1/s1. The normalized spacial score (nSPS) is 27.4. The number of Topliss-reactive ketones (excluding diaryl/α,β-unsaturated/α-hetero) is 1. The number of alkyl halides is 2. The number of hydrogen-bond donors (Lipinski definition) is 0. The van der Waals surface area contributed by atoms with Crippen LogP contribution in [0.3, 0.4) is 0 Å². The predicted octanol–water partition coefficient (Wildman–Crippen LogP) is 3.52. The molecule has 0 radical (unpaired) electrons. The number of amides is 3. The van der Waals surface area contributed by atoms with Crippen molar-refractivity contribution in [3.8, 4) is 0 Å². The first kappa shape index (κ1) is 26.1. The second kappa shape index (κ2) is 9.66. The van der Waals surface area contributed by atoms with Gasteiger partial charge in [0.1, 0.15) is 12.1 Å². The van der Waals surface area contributed by atoms with E-state index in [1.807, 2.05) is 0 Å². The van der Waals surface area contributed by atoms with E-state index >= 15 is 0 Å². The molecular weight excluding hydrogens is 632 g/mol. The largest absolute Gasteiger partial charge is 0.292 e. The van der Waals surface area contributed by atoms with Crippen LogP contribution in [0.1, 0.15) is 27.1 Å². The Balaban J connectivity index is 1.55. The fourth-order valence-electron chi connectivity index (χ4n) is 5.78. The highest BCUT2D eigenvalue weighted by Crippen LogP contribution is 2.60. The molecule has 5 rings (SSSR count). The van der Waals surface area contributed by atoms with Crippen LogP contribution in [0.15, 0.2) is 48.5 Å². The molecule has 3 fully saturated rings. The van der Waals surface area contributed by atoms with Gasteiger partial charge in [-0.05, 0) is 24.3 Å². The molecule has 0 N–H and O–H groups in total. The Kier molecular flexibility index (Phi) is 6.63. The second-order valence-electron chi connectivity index (χ2n) is 9.36. The molecule has 14 heteroatoms. The molecule has 2 bridgehead atoms. The number of carbonyl (C=O) groups excluding carboxylic acids is 4. The summed E-state index contributed by atoms with van der Waals surface area (Å²) in [5.74, 6) is -4.96. The molecule has 1 heterocycles. The van der Waals surface area contributed by atoms with Crippen molar-refractivity contribution in [2.24, 2.45) is 23.7 Å². The van der Waals surface area contributed by atoms with Crippen molar-refractivity contribution in [1.29, 1.82) is 0 Å². The van der Waals surface area contributed by atoms with E-state index in [0.717, 1.165) is 12.1 Å². The average Bonchev–Trinajstić information content (AvgIpc) is 3.51. The lowest BCUT2D eigenvalue weighted by atomic mass is 9.81. The van der Waals surface area contributed by atoms with Crippen LogP contribution in [0, 0.1) is 43.9 Å². The topological polar surface area (TPSA) is 161 Å². The number of nitro groups is 2. The van der Waals surface area contributed by atoms with Crippen LogP contribution in [-0.4, -0.2) is 59.6 Å². The van der Waals surface area contributed by atoms with Gasteiger partial charge in [0.05, 0.1) is 21.7 Å². The molecule has 196 valence electrons. The van der Waals surface area contributed by atoms with Crippen molar-refractivity contribution in [2.45, 2.75) is 16.1 Å². The Labute approximate surface area is 231 Å². The third kappa shape index (κ3) is 4.02. The van der Waals surface area contributed by atoms with Crippen LogP contribution >= 0.6 is 31.9 Å². The highest BCUT2D eigenvalue weighted by molar-refractivity contribution is 9.12. The van der Waals surface area contributed by atoms with Gasteiger partial charge in [-0.25, -0.2) is 5.01 Å². The Morgan fingerprint density at radius 2 is 1.53 bits per heavy atom. The number of hydrogen-bond acceptors (Lipinski definition) is 8. The Morgan fingerprint density at radius 1 is 0.921 bits per heavy atom. The fraction of sp³-hybridized carbons (Fsp3) is 0.333. The van der Waals surface area contributed by atoms with Crippen molar-refractivity contribution < 1.29 is 29.0 Å². The maximum absolute atomic E-state index is 13.7. The summed E-state index contributed by atoms with van der Waals surface area (Å²) in [4.78, 5) is 75.4. The van der Waals surface area contributed by atoms with E-state index in [-0.39, 0.29) is 32.7 Å². The predicted molar refractivity (Wildman–Crippen MR) is 137 cm³/mol. The van der Waals surface area contributed by atoms with Gasteiger partial charge in [0.2, 0.25) is 0 Å². The number of carbonyl (C=O) groups is 4. The van der Waals surface area contributed by atoms with Gasteiger partial charge in [-0.15, -0.1) is 0 Å². The third-order valence-electron chi connectivity index (χ3n) is 7.44. The number of halogens is 2. The number of fused-ring (bicyclic) bond motifs is 5. The molecule has 2 aliphatic carbocycles. The van der Waals surface area contributed by atoms with Gasteiger partial charge in [-0.1, -0.05) is 56.1 Å². The number of para-hydroxylation sites is 1. The van der Waals surface area contributed by atoms with Crippen molar-refractivity contribution in [3.05, 3.63) is 79.9 Å². The van der Waals surface area contributed by atoms with Gasteiger partial charge < -0.3 is 0 Å². The van der Waals surface area contributed by atoms with E-state index < -0.39 is 63.0 Å². The fourth-order valence-corrected chi connectivity index (χ4v) is 7.65. The van der Waals surface area contributed by atoms with Crippen LogP contribution < -0.4 is 0 Å². The highest BCUT2D eigenvalue weighted by atomic mass is 79.9. The number of nitro benzene ring substituents is 2. The Bertz CT molecular complexity index is 1390. The van der Waals surface area contributed by atoms with Crippen LogP contribution in [-0.2, 0) is 9.59 Å². The molecule has 1 saturated heterocycles. The zero-order valence-electron chi connectivity index (χ0n) is 19.3. The number of rotatable bonds is 7. The molecule has 2 saturated carbocycles. The van der Waals surface area contributed by atoms with Crippen LogP contribution in [0.4, 0.5) is 11.4 Å². The summed E-state index contributed by atoms with van der Waals surface area (Å²) < 4.78 is 0. The number of hydrazine groups is 1. The van der Waals surface area contributed by atoms with E-state index in [1.165, 1.54) is 36.4 Å². The molecule has 0 unspecified atom stereocenters. The van der Waals surface area contributed by atoms with Crippen molar-refractivity contribution in [3.63, 3.8) is 0 Å². The Hall–Kier alpha value is -3.52. The lowest BCUT2D eigenvalue weighted by Crippen LogP contribution is -2.52. The highest BCUT2D eigenvalue weighted by Gasteiger charge is 2.67. The SMILES string of the molecule is O=C(CN(C(=O)c1ccccc1[N+](=O)[O-])N1C(=O)[C@@H]2[C@H]3C[C@@H]([C@H](Br)[C@@H]3Br)[C@@H]2C1=O)c1cccc([N+](=O)[O-])c1. The first-order valence-electron chi connectivity index (χ1n) is 11.5. The molecule has 38 heavy (non-hydrogen) atoms. The molecule has 2 aromatic rings. The summed E-state index contributed by atoms with van der Waals surface area (Å²) in [6.45, 7) is -0.839. The van der Waals surface area contributed by atoms with Crippen LogP contribution in [0.25, 0.3) is 0 Å². The number of benzene rings is 2. The third-order valence-corrected chi connectivity index (χ3v) is 10.6. The number of imide groups is 1. The minimum Gasteiger partial charge on any atom is -0.292 e. The summed E-state index contributed by atoms with van der Waals surface area (Å²) in [5, 5.41) is 24.1. The van der Waals surface area contributed by atoms with E-state index in [9.17, 15) is 39.4 Å². The molecule has 6 atom stereocenters. The molecule has 0 spiro atoms. The molecule has 0 aromatic heterocycles. The lowest BCUT2D eigenvalue weighted by molar-refractivity contribution is -0.385. The first-order chi connectivity index (χ1) is 18.0. The molecule has 3 aliphatic rings. The smallest absolute Gasteiger partial charge is 0.282 e. The van der Waals surface area contributed by atoms with Gasteiger partial charge in [0.25, 0.3) is 29.1 Å². The van der Waals surface area contributed by atoms with E-state index in [2.05, 4.69) is 31.9 Å². The average molecular weight is 650 g/mol. The van der Waals surface area contributed by atoms with Crippen LogP contribution in [0.2, 0.25) is 0 Å². The van der Waals surface area contributed by atoms with E-state index in [0.29, 0.717) is 16.4 Å². The van der Waals surface area contributed by atoms with E-state index in [1.54, 1.807) is 0 Å². The molecular formula is C24H18Br2N4O8. The summed E-state index contributed by atoms with van der Waals surface area (Å²) in [7, 11) is 0. The second-order valence-corrected chi connectivity index (χ2v) is 11.5. The zero-order chi connectivity index (χ0) is 27.5. The van der Waals surface area contributed by atoms with Crippen molar-refractivity contribution in [2.75, 3.05) is 6.54 Å². The monoisotopic (exact) mass is 648 g/mol. The maximum Gasteiger partial charge on any atom is 0.282 e. The Morgan fingerprint density at radius 3 is 2.11 bits per heavy atom. The quantitative estimate of drug-likeness (QED) is 0.145. The molecule has 12 nitrogen and oxygen atoms in total. The molecule has 1 aliphatic heterocycles. The van der Waals surface area contributed by atoms with Crippen molar-refractivity contribution in [1.82, 2.24) is 10.0 Å². The summed E-state index contributed by atoms with van der Waals surface area (Å²) >= 11 is 7.18. The maximum atomic E-state index is 13.7. The van der Waals surface area contributed by atoms with Gasteiger partial charge in [0.15, 0.2) is 5.78 Å². The summed E-state index contributed by atoms with van der Waals surface area (Å²) in [5.41, 5.74) is -1.47. The molecule has 2 aromatic carbocycles. The summed E-state index contributed by atoms with van der Waals surface area (Å²) in [6, 6.07) is 9.80.